The van der Waals surface area contributed by atoms with Crippen LogP contribution in [0.3, 0.4) is 0 Å². The molecule has 1 aliphatic heterocycles. The maximum Gasteiger partial charge on any atom is 0.237 e. The van der Waals surface area contributed by atoms with Crippen LogP contribution in [-0.2, 0) is 17.9 Å². The van der Waals surface area contributed by atoms with Gasteiger partial charge in [0.25, 0.3) is 0 Å². The lowest BCUT2D eigenvalue weighted by Gasteiger charge is -2.39. The zero-order chi connectivity index (χ0) is 17.8. The largest absolute Gasteiger partial charge is 0.467 e. The predicted octanol–water partition coefficient (Wildman–Crippen LogP) is 2.05. The minimum Gasteiger partial charge on any atom is -0.467 e. The van der Waals surface area contributed by atoms with Crippen LogP contribution < -0.4 is 5.32 Å². The Kier molecular flexibility index (Phi) is 5.53. The van der Waals surface area contributed by atoms with Gasteiger partial charge in [-0.05, 0) is 52.3 Å². The van der Waals surface area contributed by atoms with Gasteiger partial charge in [0.15, 0.2) is 0 Å². The summed E-state index contributed by atoms with van der Waals surface area (Å²) in [5.41, 5.74) is 0. The molecule has 1 N–H and O–H groups in total. The summed E-state index contributed by atoms with van der Waals surface area (Å²) in [6, 6.07) is 3.82. The van der Waals surface area contributed by atoms with Crippen LogP contribution in [0.25, 0.3) is 0 Å². The molecule has 1 amide bonds. The van der Waals surface area contributed by atoms with Crippen molar-refractivity contribution >= 4 is 5.91 Å². The quantitative estimate of drug-likeness (QED) is 0.867. The Hall–Kier alpha value is -2.15. The third kappa shape index (κ3) is 4.28. The summed E-state index contributed by atoms with van der Waals surface area (Å²) in [5.74, 6) is 2.53. The average molecular weight is 345 g/mol. The Morgan fingerprint density at radius 2 is 2.28 bits per heavy atom. The SMILES string of the molecule is Cc1nc(C)n(C[C@H]2CCCCN2[C@H](C)C(=O)NCc2ccco2)n1. The molecule has 2 aromatic rings. The van der Waals surface area contributed by atoms with Crippen molar-refractivity contribution in [3.8, 4) is 0 Å². The molecule has 25 heavy (non-hydrogen) atoms. The maximum absolute atomic E-state index is 12.6. The van der Waals surface area contributed by atoms with E-state index in [0.29, 0.717) is 12.6 Å². The lowest BCUT2D eigenvalue weighted by atomic mass is 9.99. The number of likely N-dealkylation sites (tertiary alicyclic amines) is 1. The second-order valence-electron chi connectivity index (χ2n) is 6.75. The lowest BCUT2D eigenvalue weighted by Crippen LogP contribution is -2.52. The zero-order valence-corrected chi connectivity index (χ0v) is 15.2. The van der Waals surface area contributed by atoms with E-state index in [4.69, 9.17) is 4.42 Å². The first-order valence-electron chi connectivity index (χ1n) is 8.98. The van der Waals surface area contributed by atoms with Crippen molar-refractivity contribution in [3.05, 3.63) is 35.8 Å². The number of aromatic nitrogens is 3. The van der Waals surface area contributed by atoms with Gasteiger partial charge in [0, 0.05) is 6.04 Å². The third-order valence-electron chi connectivity index (χ3n) is 4.91. The summed E-state index contributed by atoms with van der Waals surface area (Å²) in [4.78, 5) is 19.3. The molecule has 2 aromatic heterocycles. The second kappa shape index (κ2) is 7.82. The number of furan rings is 1. The van der Waals surface area contributed by atoms with Crippen LogP contribution in [0.4, 0.5) is 0 Å². The van der Waals surface area contributed by atoms with Crippen molar-refractivity contribution in [1.29, 1.82) is 0 Å². The molecule has 7 nitrogen and oxygen atoms in total. The number of aryl methyl sites for hydroxylation is 2. The molecule has 0 radical (unpaired) electrons. The molecule has 3 rings (SSSR count). The van der Waals surface area contributed by atoms with Crippen molar-refractivity contribution in [3.63, 3.8) is 0 Å². The Morgan fingerprint density at radius 3 is 2.96 bits per heavy atom. The molecule has 136 valence electrons. The minimum absolute atomic E-state index is 0.0368. The zero-order valence-electron chi connectivity index (χ0n) is 15.2. The first-order chi connectivity index (χ1) is 12.0. The number of piperidine rings is 1. The van der Waals surface area contributed by atoms with E-state index in [2.05, 4.69) is 20.3 Å². The second-order valence-corrected chi connectivity index (χ2v) is 6.75. The van der Waals surface area contributed by atoms with Crippen molar-refractivity contribution < 1.29 is 9.21 Å². The number of nitrogens with zero attached hydrogens (tertiary/aromatic N) is 4. The van der Waals surface area contributed by atoms with E-state index in [1.807, 2.05) is 37.6 Å². The highest BCUT2D eigenvalue weighted by Gasteiger charge is 2.31. The standard InChI is InChI=1S/C18H27N5O2/c1-13(18(24)19-11-17-8-6-10-25-17)22-9-5-4-7-16(22)12-23-15(3)20-14(2)21-23/h6,8,10,13,16H,4-5,7,9,11-12H2,1-3H3,(H,19,24)/t13-,16-/m1/s1. The first-order valence-corrected chi connectivity index (χ1v) is 8.98. The molecule has 0 saturated carbocycles. The molecule has 0 unspecified atom stereocenters. The van der Waals surface area contributed by atoms with Crippen LogP contribution in [0.5, 0.6) is 0 Å². The van der Waals surface area contributed by atoms with Gasteiger partial charge >= 0.3 is 0 Å². The predicted molar refractivity (Wildman–Crippen MR) is 93.9 cm³/mol. The van der Waals surface area contributed by atoms with E-state index in [1.165, 1.54) is 6.42 Å². The Balaban J connectivity index is 1.62. The van der Waals surface area contributed by atoms with Crippen LogP contribution in [0.15, 0.2) is 22.8 Å². The monoisotopic (exact) mass is 345 g/mol. The Labute approximate surface area is 148 Å². The molecule has 1 aliphatic rings. The number of hydrogen-bond donors (Lipinski definition) is 1. The van der Waals surface area contributed by atoms with E-state index in [0.717, 1.165) is 43.3 Å². The molecule has 1 fully saturated rings. The van der Waals surface area contributed by atoms with Crippen LogP contribution in [0, 0.1) is 13.8 Å². The van der Waals surface area contributed by atoms with Crippen molar-refractivity contribution in [2.75, 3.05) is 6.54 Å². The highest BCUT2D eigenvalue weighted by Crippen LogP contribution is 2.21. The molecule has 0 aromatic carbocycles. The number of hydrogen-bond acceptors (Lipinski definition) is 5. The number of rotatable bonds is 6. The Morgan fingerprint density at radius 1 is 1.44 bits per heavy atom. The summed E-state index contributed by atoms with van der Waals surface area (Å²) in [5, 5.41) is 7.45. The fraction of sp³-hybridized carbons (Fsp3) is 0.611. The van der Waals surface area contributed by atoms with Gasteiger partial charge in [0.1, 0.15) is 17.4 Å². The van der Waals surface area contributed by atoms with Gasteiger partial charge in [-0.25, -0.2) is 9.67 Å². The third-order valence-corrected chi connectivity index (χ3v) is 4.91. The van der Waals surface area contributed by atoms with Gasteiger partial charge in [-0.2, -0.15) is 5.10 Å². The van der Waals surface area contributed by atoms with E-state index in [9.17, 15) is 4.79 Å². The molecular formula is C18H27N5O2. The number of amides is 1. The molecule has 0 spiro atoms. The fourth-order valence-corrected chi connectivity index (χ4v) is 3.55. The number of nitrogens with one attached hydrogen (secondary N) is 1. The van der Waals surface area contributed by atoms with E-state index in [-0.39, 0.29) is 11.9 Å². The highest BCUT2D eigenvalue weighted by atomic mass is 16.3. The van der Waals surface area contributed by atoms with E-state index >= 15 is 0 Å². The molecule has 1 saturated heterocycles. The summed E-state index contributed by atoms with van der Waals surface area (Å²) in [6.45, 7) is 8.01. The fourth-order valence-electron chi connectivity index (χ4n) is 3.55. The molecule has 0 bridgehead atoms. The minimum atomic E-state index is -0.176. The van der Waals surface area contributed by atoms with Gasteiger partial charge in [0.05, 0.1) is 25.4 Å². The summed E-state index contributed by atoms with van der Waals surface area (Å²) in [7, 11) is 0. The Bertz CT molecular complexity index is 694. The summed E-state index contributed by atoms with van der Waals surface area (Å²) in [6.07, 6.45) is 5.01. The number of carbonyl (C=O) groups excluding carboxylic acids is 1. The summed E-state index contributed by atoms with van der Waals surface area (Å²) >= 11 is 0. The van der Waals surface area contributed by atoms with Crippen LogP contribution in [-0.4, -0.2) is 44.2 Å². The van der Waals surface area contributed by atoms with Crippen molar-refractivity contribution in [2.45, 2.75) is 65.2 Å². The van der Waals surface area contributed by atoms with Crippen LogP contribution in [0.2, 0.25) is 0 Å². The van der Waals surface area contributed by atoms with Gasteiger partial charge in [-0.3, -0.25) is 9.69 Å². The highest BCUT2D eigenvalue weighted by molar-refractivity contribution is 5.81. The van der Waals surface area contributed by atoms with Gasteiger partial charge in [0.2, 0.25) is 5.91 Å². The average Bonchev–Trinajstić information content (AvgIpc) is 3.22. The number of carbonyl (C=O) groups is 1. The molecule has 2 atom stereocenters. The maximum atomic E-state index is 12.6. The summed E-state index contributed by atoms with van der Waals surface area (Å²) < 4.78 is 7.24. The lowest BCUT2D eigenvalue weighted by molar-refractivity contribution is -0.127. The van der Waals surface area contributed by atoms with Gasteiger partial charge < -0.3 is 9.73 Å². The van der Waals surface area contributed by atoms with E-state index < -0.39 is 0 Å². The van der Waals surface area contributed by atoms with Crippen LogP contribution in [0.1, 0.15) is 43.6 Å². The van der Waals surface area contributed by atoms with Crippen molar-refractivity contribution in [2.24, 2.45) is 0 Å². The normalized spacial score (nSPS) is 19.7. The van der Waals surface area contributed by atoms with Crippen molar-refractivity contribution in [1.82, 2.24) is 25.0 Å². The van der Waals surface area contributed by atoms with Crippen LogP contribution >= 0.6 is 0 Å². The molecule has 0 aliphatic carbocycles. The molecular weight excluding hydrogens is 318 g/mol. The molecule has 7 heteroatoms. The van der Waals surface area contributed by atoms with Gasteiger partial charge in [-0.15, -0.1) is 0 Å². The molecule has 3 heterocycles. The van der Waals surface area contributed by atoms with Gasteiger partial charge in [-0.1, -0.05) is 6.42 Å². The smallest absolute Gasteiger partial charge is 0.237 e. The topological polar surface area (TPSA) is 76.2 Å². The first kappa shape index (κ1) is 17.7. The van der Waals surface area contributed by atoms with E-state index in [1.54, 1.807) is 6.26 Å².